The molecule has 1 aromatic rings. The van der Waals surface area contributed by atoms with Crippen molar-refractivity contribution < 1.29 is 4.79 Å². The van der Waals surface area contributed by atoms with Crippen LogP contribution in [0.3, 0.4) is 0 Å². The number of nitrogens with zero attached hydrogens (tertiary/aromatic N) is 4. The van der Waals surface area contributed by atoms with Gasteiger partial charge in [0.05, 0.1) is 17.3 Å². The molecule has 2 heterocycles. The van der Waals surface area contributed by atoms with Crippen LogP contribution in [0.5, 0.6) is 0 Å². The third-order valence-electron chi connectivity index (χ3n) is 3.20. The Morgan fingerprint density at radius 2 is 2.16 bits per heavy atom. The van der Waals surface area contributed by atoms with Crippen LogP contribution in [0.2, 0.25) is 0 Å². The van der Waals surface area contributed by atoms with E-state index in [9.17, 15) is 4.79 Å². The van der Waals surface area contributed by atoms with Crippen molar-refractivity contribution in [2.75, 3.05) is 11.6 Å². The van der Waals surface area contributed by atoms with Gasteiger partial charge in [0, 0.05) is 0 Å². The largest absolute Gasteiger partial charge is 0.330 e. The zero-order chi connectivity index (χ0) is 13.8. The second-order valence-electron chi connectivity index (χ2n) is 4.61. The summed E-state index contributed by atoms with van der Waals surface area (Å²) in [6.07, 6.45) is 2.33. The summed E-state index contributed by atoms with van der Waals surface area (Å²) in [5.74, 6) is 0.303. The van der Waals surface area contributed by atoms with Crippen LogP contribution < -0.4 is 10.7 Å². The minimum absolute atomic E-state index is 0.0246. The highest BCUT2D eigenvalue weighted by Crippen LogP contribution is 2.25. The lowest BCUT2D eigenvalue weighted by Gasteiger charge is -2.12. The van der Waals surface area contributed by atoms with Gasteiger partial charge in [0.15, 0.2) is 5.82 Å². The third-order valence-corrected chi connectivity index (χ3v) is 3.20. The Morgan fingerprint density at radius 3 is 2.74 bits per heavy atom. The minimum atomic E-state index is -0.156. The van der Waals surface area contributed by atoms with Crippen molar-refractivity contribution in [3.63, 3.8) is 0 Å². The van der Waals surface area contributed by atoms with E-state index in [1.165, 1.54) is 5.01 Å². The quantitative estimate of drug-likeness (QED) is 0.864. The van der Waals surface area contributed by atoms with E-state index in [2.05, 4.69) is 15.3 Å². The summed E-state index contributed by atoms with van der Waals surface area (Å²) in [5.41, 5.74) is 7.23. The molecule has 102 valence electrons. The van der Waals surface area contributed by atoms with Crippen LogP contribution >= 0.6 is 0 Å². The minimum Gasteiger partial charge on any atom is -0.330 e. The number of hydrogen-bond acceptors (Lipinski definition) is 5. The molecule has 1 aliphatic rings. The Hall–Kier alpha value is -1.82. The summed E-state index contributed by atoms with van der Waals surface area (Å²) in [6.45, 7) is 4.45. The van der Waals surface area contributed by atoms with E-state index in [-0.39, 0.29) is 11.8 Å². The molecular weight excluding hydrogens is 242 g/mol. The molecule has 1 aromatic heterocycles. The number of hydrogen-bond donors (Lipinski definition) is 1. The van der Waals surface area contributed by atoms with Crippen LogP contribution in [0.4, 0.5) is 5.82 Å². The molecule has 0 radical (unpaired) electrons. The van der Waals surface area contributed by atoms with Gasteiger partial charge in [-0.2, -0.15) is 15.2 Å². The Morgan fingerprint density at radius 1 is 1.37 bits per heavy atom. The molecule has 19 heavy (non-hydrogen) atoms. The molecule has 0 saturated carbocycles. The molecule has 0 saturated heterocycles. The Labute approximate surface area is 112 Å². The first-order chi connectivity index (χ1) is 9.17. The molecular formula is C13H19N5O. The number of aryl methyl sites for hydroxylation is 1. The summed E-state index contributed by atoms with van der Waals surface area (Å²) in [5, 5.41) is 13.7. The molecule has 1 atom stereocenters. The van der Waals surface area contributed by atoms with Gasteiger partial charge in [-0.25, -0.2) is 0 Å². The number of aromatic nitrogens is 2. The summed E-state index contributed by atoms with van der Waals surface area (Å²) < 4.78 is 0. The molecule has 0 spiro atoms. The van der Waals surface area contributed by atoms with E-state index < -0.39 is 0 Å². The Balaban J connectivity index is 2.21. The Kier molecular flexibility index (Phi) is 4.21. The first-order valence-corrected chi connectivity index (χ1v) is 6.59. The standard InChI is InChI=1S/C13H19N5O/c1-3-11-10(5-4-8-14)13(19)18(17-11)12-7-6-9(2)15-16-12/h6-7,10H,3-5,8,14H2,1-2H3. The van der Waals surface area contributed by atoms with E-state index in [1.54, 1.807) is 6.07 Å². The van der Waals surface area contributed by atoms with Gasteiger partial charge in [-0.15, -0.1) is 5.10 Å². The maximum absolute atomic E-state index is 12.4. The van der Waals surface area contributed by atoms with Crippen LogP contribution in [0, 0.1) is 12.8 Å². The van der Waals surface area contributed by atoms with Crippen molar-refractivity contribution >= 4 is 17.4 Å². The molecule has 1 unspecified atom stereocenters. The lowest BCUT2D eigenvalue weighted by molar-refractivity contribution is -0.120. The fraction of sp³-hybridized carbons (Fsp3) is 0.538. The number of amides is 1. The molecule has 0 aromatic carbocycles. The maximum Gasteiger partial charge on any atom is 0.257 e. The van der Waals surface area contributed by atoms with Crippen LogP contribution in [0.1, 0.15) is 31.9 Å². The highest BCUT2D eigenvalue weighted by molar-refractivity contribution is 6.15. The SMILES string of the molecule is CCC1=NN(c2ccc(C)nn2)C(=O)C1CCCN. The predicted octanol–water partition coefficient (Wildman–Crippen LogP) is 1.25. The first kappa shape index (κ1) is 13.6. The molecule has 0 bridgehead atoms. The van der Waals surface area contributed by atoms with Gasteiger partial charge in [0.25, 0.3) is 5.91 Å². The molecule has 2 N–H and O–H groups in total. The number of hydrazone groups is 1. The summed E-state index contributed by atoms with van der Waals surface area (Å²) >= 11 is 0. The van der Waals surface area contributed by atoms with Crippen molar-refractivity contribution in [3.05, 3.63) is 17.8 Å². The monoisotopic (exact) mass is 261 g/mol. The van der Waals surface area contributed by atoms with Crippen LogP contribution in [0.25, 0.3) is 0 Å². The molecule has 1 amide bonds. The molecule has 0 aliphatic carbocycles. The van der Waals surface area contributed by atoms with Gasteiger partial charge in [-0.1, -0.05) is 6.92 Å². The zero-order valence-electron chi connectivity index (χ0n) is 11.3. The molecule has 1 aliphatic heterocycles. The van der Waals surface area contributed by atoms with Gasteiger partial charge in [0.1, 0.15) is 0 Å². The summed E-state index contributed by atoms with van der Waals surface area (Å²) in [4.78, 5) is 12.4. The van der Waals surface area contributed by atoms with Crippen molar-refractivity contribution in [2.45, 2.75) is 33.1 Å². The van der Waals surface area contributed by atoms with Crippen molar-refractivity contribution in [1.29, 1.82) is 0 Å². The van der Waals surface area contributed by atoms with Gasteiger partial charge in [-0.05, 0) is 44.9 Å². The average molecular weight is 261 g/mol. The molecule has 6 nitrogen and oxygen atoms in total. The van der Waals surface area contributed by atoms with E-state index in [4.69, 9.17) is 5.73 Å². The summed E-state index contributed by atoms with van der Waals surface area (Å²) in [6, 6.07) is 3.59. The van der Waals surface area contributed by atoms with Gasteiger partial charge in [0.2, 0.25) is 0 Å². The number of rotatable bonds is 5. The number of nitrogens with two attached hydrogens (primary N) is 1. The topological polar surface area (TPSA) is 84.5 Å². The zero-order valence-corrected chi connectivity index (χ0v) is 11.3. The van der Waals surface area contributed by atoms with Crippen molar-refractivity contribution in [3.8, 4) is 0 Å². The van der Waals surface area contributed by atoms with E-state index in [1.807, 2.05) is 19.9 Å². The highest BCUT2D eigenvalue weighted by atomic mass is 16.2. The molecule has 0 fully saturated rings. The van der Waals surface area contributed by atoms with Gasteiger partial charge < -0.3 is 5.73 Å². The van der Waals surface area contributed by atoms with E-state index in [0.717, 1.165) is 30.7 Å². The average Bonchev–Trinajstić information content (AvgIpc) is 2.74. The van der Waals surface area contributed by atoms with E-state index >= 15 is 0 Å². The molecule has 2 rings (SSSR count). The number of carbonyl (C=O) groups is 1. The lowest BCUT2D eigenvalue weighted by atomic mass is 9.96. The van der Waals surface area contributed by atoms with Crippen molar-refractivity contribution in [1.82, 2.24) is 10.2 Å². The number of anilines is 1. The second kappa shape index (κ2) is 5.88. The van der Waals surface area contributed by atoms with Crippen LogP contribution in [-0.2, 0) is 4.79 Å². The van der Waals surface area contributed by atoms with Crippen LogP contribution in [-0.4, -0.2) is 28.4 Å². The van der Waals surface area contributed by atoms with E-state index in [0.29, 0.717) is 12.4 Å². The maximum atomic E-state index is 12.4. The number of carbonyl (C=O) groups excluding carboxylic acids is 1. The normalized spacial score (nSPS) is 18.9. The summed E-state index contributed by atoms with van der Waals surface area (Å²) in [7, 11) is 0. The highest BCUT2D eigenvalue weighted by Gasteiger charge is 2.35. The molecule has 6 heteroatoms. The first-order valence-electron chi connectivity index (χ1n) is 6.59. The van der Waals surface area contributed by atoms with Gasteiger partial charge in [-0.3, -0.25) is 4.79 Å². The smallest absolute Gasteiger partial charge is 0.257 e. The fourth-order valence-corrected chi connectivity index (χ4v) is 2.14. The third kappa shape index (κ3) is 2.78. The second-order valence-corrected chi connectivity index (χ2v) is 4.61. The fourth-order valence-electron chi connectivity index (χ4n) is 2.14. The van der Waals surface area contributed by atoms with Gasteiger partial charge >= 0.3 is 0 Å². The van der Waals surface area contributed by atoms with Crippen molar-refractivity contribution in [2.24, 2.45) is 16.8 Å². The predicted molar refractivity (Wildman–Crippen MR) is 73.8 cm³/mol. The Bertz CT molecular complexity index is 482. The lowest BCUT2D eigenvalue weighted by Crippen LogP contribution is -2.28. The van der Waals surface area contributed by atoms with Crippen LogP contribution in [0.15, 0.2) is 17.2 Å².